The first-order chi connectivity index (χ1) is 9.83. The summed E-state index contributed by atoms with van der Waals surface area (Å²) in [6.07, 6.45) is 0.882. The molecule has 1 aromatic rings. The summed E-state index contributed by atoms with van der Waals surface area (Å²) in [5, 5.41) is 5.90. The van der Waals surface area contributed by atoms with Gasteiger partial charge in [0.2, 0.25) is 0 Å². The van der Waals surface area contributed by atoms with Crippen molar-refractivity contribution in [1.29, 1.82) is 0 Å². The van der Waals surface area contributed by atoms with Crippen molar-refractivity contribution >= 4 is 11.6 Å². The molecule has 0 aliphatic rings. The zero-order valence-corrected chi connectivity index (χ0v) is 13.5. The smallest absolute Gasteiger partial charge is 0.168 e. The molecule has 1 unspecified atom stereocenters. The van der Waals surface area contributed by atoms with Crippen LogP contribution in [0.3, 0.4) is 0 Å². The number of hydrogen-bond donors (Lipinski definition) is 2. The van der Waals surface area contributed by atoms with Crippen LogP contribution in [0.1, 0.15) is 27.2 Å². The summed E-state index contributed by atoms with van der Waals surface area (Å²) in [6.45, 7) is 7.35. The van der Waals surface area contributed by atoms with Gasteiger partial charge in [0.1, 0.15) is 0 Å². The first-order valence-electron chi connectivity index (χ1n) is 7.34. The third-order valence-corrected chi connectivity index (χ3v) is 2.96. The fourth-order valence-electron chi connectivity index (χ4n) is 2.24. The summed E-state index contributed by atoms with van der Waals surface area (Å²) >= 11 is 0. The minimum absolute atomic E-state index is 0.0573. The Bertz CT molecular complexity index is 440. The van der Waals surface area contributed by atoms with Crippen molar-refractivity contribution in [3.8, 4) is 0 Å². The molecule has 1 heterocycles. The summed E-state index contributed by atoms with van der Waals surface area (Å²) in [7, 11) is 3.93. The Balaban J connectivity index is 2.93. The van der Waals surface area contributed by atoms with E-state index in [0.717, 1.165) is 19.0 Å². The minimum Gasteiger partial charge on any atom is -0.368 e. The molecule has 0 saturated carbocycles. The van der Waals surface area contributed by atoms with E-state index < -0.39 is 11.6 Å². The molecule has 0 saturated heterocycles. The molecule has 0 aromatic carbocycles. The van der Waals surface area contributed by atoms with E-state index in [9.17, 15) is 8.78 Å². The van der Waals surface area contributed by atoms with Gasteiger partial charge in [0.15, 0.2) is 23.3 Å². The van der Waals surface area contributed by atoms with E-state index in [4.69, 9.17) is 0 Å². The maximum Gasteiger partial charge on any atom is 0.168 e. The molecule has 0 radical (unpaired) electrons. The predicted octanol–water partition coefficient (Wildman–Crippen LogP) is 3.18. The van der Waals surface area contributed by atoms with Crippen LogP contribution in [0.4, 0.5) is 20.4 Å². The number of pyridine rings is 1. The number of aromatic nitrogens is 1. The van der Waals surface area contributed by atoms with Crippen molar-refractivity contribution in [1.82, 2.24) is 9.88 Å². The van der Waals surface area contributed by atoms with Gasteiger partial charge in [-0.2, -0.15) is 0 Å². The Kier molecular flexibility index (Phi) is 6.81. The lowest BCUT2D eigenvalue weighted by Crippen LogP contribution is -2.34. The van der Waals surface area contributed by atoms with Crippen LogP contribution >= 0.6 is 0 Å². The lowest BCUT2D eigenvalue weighted by Gasteiger charge is -2.25. The molecule has 120 valence electrons. The van der Waals surface area contributed by atoms with Crippen molar-refractivity contribution in [2.75, 3.05) is 37.8 Å². The molecule has 0 aliphatic heterocycles. The zero-order chi connectivity index (χ0) is 16.0. The first-order valence-corrected chi connectivity index (χ1v) is 7.34. The van der Waals surface area contributed by atoms with Crippen LogP contribution in [0.15, 0.2) is 6.07 Å². The van der Waals surface area contributed by atoms with Gasteiger partial charge in [-0.05, 0) is 33.4 Å². The van der Waals surface area contributed by atoms with Crippen LogP contribution in [0.25, 0.3) is 0 Å². The molecule has 0 aliphatic carbocycles. The van der Waals surface area contributed by atoms with Crippen molar-refractivity contribution in [2.24, 2.45) is 5.92 Å². The van der Waals surface area contributed by atoms with Crippen molar-refractivity contribution in [3.63, 3.8) is 0 Å². The SMILES string of the molecule is CCNc1nc(NC(CC(C)C)CN(C)C)c(F)cc1F. The zero-order valence-electron chi connectivity index (χ0n) is 13.5. The third-order valence-electron chi connectivity index (χ3n) is 2.96. The molecule has 6 heteroatoms. The first kappa shape index (κ1) is 17.6. The average Bonchev–Trinajstić information content (AvgIpc) is 2.33. The minimum atomic E-state index is -0.673. The average molecular weight is 300 g/mol. The van der Waals surface area contributed by atoms with E-state index in [1.54, 1.807) is 0 Å². The van der Waals surface area contributed by atoms with E-state index in [-0.39, 0.29) is 17.7 Å². The summed E-state index contributed by atoms with van der Waals surface area (Å²) in [5.41, 5.74) is 0. The van der Waals surface area contributed by atoms with Gasteiger partial charge in [-0.1, -0.05) is 13.8 Å². The van der Waals surface area contributed by atoms with E-state index in [0.29, 0.717) is 12.5 Å². The topological polar surface area (TPSA) is 40.2 Å². The van der Waals surface area contributed by atoms with E-state index in [2.05, 4.69) is 29.5 Å². The van der Waals surface area contributed by atoms with Crippen LogP contribution in [-0.4, -0.2) is 43.1 Å². The number of nitrogens with zero attached hydrogens (tertiary/aromatic N) is 2. The van der Waals surface area contributed by atoms with Gasteiger partial charge in [0.05, 0.1) is 0 Å². The second-order valence-electron chi connectivity index (χ2n) is 5.91. The van der Waals surface area contributed by atoms with Gasteiger partial charge >= 0.3 is 0 Å². The number of nitrogens with one attached hydrogen (secondary N) is 2. The standard InChI is InChI=1S/C15H26F2N4/c1-6-18-14-12(16)8-13(17)15(20-14)19-11(7-10(2)3)9-21(4)5/h8,10-11H,6-7,9H2,1-5H3,(H2,18,19,20). The number of rotatable bonds is 8. The van der Waals surface area contributed by atoms with Gasteiger partial charge in [-0.15, -0.1) is 0 Å². The summed E-state index contributed by atoms with van der Waals surface area (Å²) in [5.74, 6) is -0.691. The van der Waals surface area contributed by atoms with Gasteiger partial charge in [-0.3, -0.25) is 0 Å². The molecule has 2 N–H and O–H groups in total. The Morgan fingerprint density at radius 1 is 1.19 bits per heavy atom. The highest BCUT2D eigenvalue weighted by molar-refractivity contribution is 5.48. The molecule has 1 aromatic heterocycles. The van der Waals surface area contributed by atoms with Gasteiger partial charge in [0.25, 0.3) is 0 Å². The molecule has 21 heavy (non-hydrogen) atoms. The Morgan fingerprint density at radius 3 is 2.33 bits per heavy atom. The van der Waals surface area contributed by atoms with Crippen molar-refractivity contribution in [3.05, 3.63) is 17.7 Å². The molecular weight excluding hydrogens is 274 g/mol. The highest BCUT2D eigenvalue weighted by Crippen LogP contribution is 2.21. The van der Waals surface area contributed by atoms with Crippen LogP contribution in [0, 0.1) is 17.6 Å². The highest BCUT2D eigenvalue weighted by Gasteiger charge is 2.17. The largest absolute Gasteiger partial charge is 0.368 e. The van der Waals surface area contributed by atoms with Crippen LogP contribution in [0.2, 0.25) is 0 Å². The number of likely N-dealkylation sites (N-methyl/N-ethyl adjacent to an activating group) is 1. The Hall–Kier alpha value is -1.43. The third kappa shape index (κ3) is 5.83. The molecule has 0 spiro atoms. The molecule has 0 fully saturated rings. The summed E-state index contributed by atoms with van der Waals surface area (Å²) in [6, 6.07) is 0.928. The summed E-state index contributed by atoms with van der Waals surface area (Å²) in [4.78, 5) is 6.06. The Labute approximate surface area is 125 Å². The van der Waals surface area contributed by atoms with Gasteiger partial charge in [-0.25, -0.2) is 13.8 Å². The quantitative estimate of drug-likeness (QED) is 0.773. The summed E-state index contributed by atoms with van der Waals surface area (Å²) < 4.78 is 27.5. The molecular formula is C15H26F2N4. The lowest BCUT2D eigenvalue weighted by atomic mass is 10.0. The van der Waals surface area contributed by atoms with E-state index in [1.165, 1.54) is 0 Å². The van der Waals surface area contributed by atoms with Gasteiger partial charge < -0.3 is 15.5 Å². The maximum atomic E-state index is 13.9. The van der Waals surface area contributed by atoms with E-state index in [1.807, 2.05) is 25.9 Å². The predicted molar refractivity (Wildman–Crippen MR) is 83.7 cm³/mol. The second-order valence-corrected chi connectivity index (χ2v) is 5.91. The lowest BCUT2D eigenvalue weighted by molar-refractivity contribution is 0.355. The number of halogens is 2. The van der Waals surface area contributed by atoms with Gasteiger partial charge in [0, 0.05) is 25.2 Å². The van der Waals surface area contributed by atoms with Crippen molar-refractivity contribution < 1.29 is 8.78 Å². The van der Waals surface area contributed by atoms with Crippen LogP contribution < -0.4 is 10.6 Å². The number of hydrogen-bond acceptors (Lipinski definition) is 4. The van der Waals surface area contributed by atoms with Crippen molar-refractivity contribution in [2.45, 2.75) is 33.2 Å². The van der Waals surface area contributed by atoms with Crippen LogP contribution in [-0.2, 0) is 0 Å². The highest BCUT2D eigenvalue weighted by atomic mass is 19.1. The molecule has 0 amide bonds. The fourth-order valence-corrected chi connectivity index (χ4v) is 2.24. The molecule has 0 bridgehead atoms. The molecule has 1 rings (SSSR count). The van der Waals surface area contributed by atoms with Crippen LogP contribution in [0.5, 0.6) is 0 Å². The second kappa shape index (κ2) is 8.12. The number of anilines is 2. The Morgan fingerprint density at radius 2 is 1.81 bits per heavy atom. The maximum absolute atomic E-state index is 13.9. The monoisotopic (exact) mass is 300 g/mol. The fraction of sp³-hybridized carbons (Fsp3) is 0.667. The van der Waals surface area contributed by atoms with E-state index >= 15 is 0 Å². The molecule has 4 nitrogen and oxygen atoms in total. The molecule has 1 atom stereocenters. The normalized spacial score (nSPS) is 12.8.